The van der Waals surface area contributed by atoms with Gasteiger partial charge in [-0.15, -0.1) is 0 Å². The summed E-state index contributed by atoms with van der Waals surface area (Å²) in [6.07, 6.45) is 0. The number of nitrogens with one attached hydrogen (secondary N) is 1. The van der Waals surface area contributed by atoms with E-state index in [9.17, 15) is 4.79 Å². The fourth-order valence-corrected chi connectivity index (χ4v) is 2.59. The molecule has 116 valence electrons. The Bertz CT molecular complexity index is 668. The quantitative estimate of drug-likeness (QED) is 0.842. The average Bonchev–Trinajstić information content (AvgIpc) is 2.49. The first-order valence-electron chi connectivity index (χ1n) is 6.21. The van der Waals surface area contributed by atoms with Gasteiger partial charge < -0.3 is 14.8 Å². The molecule has 0 aliphatic carbocycles. The maximum Gasteiger partial charge on any atom is 0.262 e. The van der Waals surface area contributed by atoms with E-state index >= 15 is 0 Å². The van der Waals surface area contributed by atoms with Crippen molar-refractivity contribution in [3.8, 4) is 11.5 Å². The molecule has 22 heavy (non-hydrogen) atoms. The molecule has 0 aromatic heterocycles. The summed E-state index contributed by atoms with van der Waals surface area (Å²) in [6.45, 7) is -0.192. The number of hydrogen-bond acceptors (Lipinski definition) is 3. The molecule has 4 nitrogen and oxygen atoms in total. The van der Waals surface area contributed by atoms with E-state index in [1.807, 2.05) is 0 Å². The number of rotatable bonds is 5. The normalized spacial score (nSPS) is 10.2. The van der Waals surface area contributed by atoms with Crippen molar-refractivity contribution in [1.82, 2.24) is 0 Å². The second kappa shape index (κ2) is 7.58. The number of anilines is 1. The lowest BCUT2D eigenvalue weighted by Gasteiger charge is -2.11. The number of benzene rings is 2. The molecular weight excluding hydrogens is 349 g/mol. The highest BCUT2D eigenvalue weighted by Gasteiger charge is 2.12. The second-order valence-electron chi connectivity index (χ2n) is 4.26. The molecule has 2 aromatic rings. The van der Waals surface area contributed by atoms with Crippen molar-refractivity contribution in [2.24, 2.45) is 0 Å². The predicted molar refractivity (Wildman–Crippen MR) is 88.6 cm³/mol. The summed E-state index contributed by atoms with van der Waals surface area (Å²) < 4.78 is 10.5. The van der Waals surface area contributed by atoms with E-state index in [0.717, 1.165) is 0 Å². The summed E-state index contributed by atoms with van der Waals surface area (Å²) in [7, 11) is 1.55. The molecule has 0 heterocycles. The average molecular weight is 361 g/mol. The van der Waals surface area contributed by atoms with E-state index in [0.29, 0.717) is 22.2 Å². The molecule has 1 N–H and O–H groups in total. The van der Waals surface area contributed by atoms with E-state index < -0.39 is 5.91 Å². The molecule has 0 radical (unpaired) electrons. The van der Waals surface area contributed by atoms with Gasteiger partial charge in [-0.25, -0.2) is 0 Å². The molecular formula is C15H12Cl3NO3. The highest BCUT2D eigenvalue weighted by molar-refractivity contribution is 6.42. The van der Waals surface area contributed by atoms with Crippen molar-refractivity contribution >= 4 is 46.4 Å². The third-order valence-electron chi connectivity index (χ3n) is 2.68. The molecule has 0 aliphatic rings. The topological polar surface area (TPSA) is 47.6 Å². The van der Waals surface area contributed by atoms with Gasteiger partial charge in [0.25, 0.3) is 5.91 Å². The van der Waals surface area contributed by atoms with Crippen molar-refractivity contribution in [3.63, 3.8) is 0 Å². The Kier molecular flexibility index (Phi) is 5.77. The SMILES string of the molecule is COc1cccc(OCC(=O)Nc2c(Cl)cc(Cl)cc2Cl)c1. The number of methoxy groups -OCH3 is 1. The minimum absolute atomic E-state index is 0.192. The summed E-state index contributed by atoms with van der Waals surface area (Å²) in [6, 6.07) is 9.92. The van der Waals surface area contributed by atoms with Crippen molar-refractivity contribution in [3.05, 3.63) is 51.5 Å². The van der Waals surface area contributed by atoms with Crippen LogP contribution in [-0.2, 0) is 4.79 Å². The maximum atomic E-state index is 11.9. The zero-order chi connectivity index (χ0) is 16.1. The predicted octanol–water partition coefficient (Wildman–Crippen LogP) is 4.67. The van der Waals surface area contributed by atoms with Gasteiger partial charge >= 0.3 is 0 Å². The Morgan fingerprint density at radius 3 is 2.36 bits per heavy atom. The van der Waals surface area contributed by atoms with Gasteiger partial charge in [-0.2, -0.15) is 0 Å². The zero-order valence-corrected chi connectivity index (χ0v) is 13.8. The van der Waals surface area contributed by atoms with Gasteiger partial charge in [-0.3, -0.25) is 4.79 Å². The Morgan fingerprint density at radius 2 is 1.73 bits per heavy atom. The van der Waals surface area contributed by atoms with Gasteiger partial charge in [-0.05, 0) is 24.3 Å². The first kappa shape index (κ1) is 16.7. The van der Waals surface area contributed by atoms with Crippen LogP contribution in [0.3, 0.4) is 0 Å². The number of ether oxygens (including phenoxy) is 2. The molecule has 0 fully saturated rings. The van der Waals surface area contributed by atoms with Gasteiger partial charge in [0.2, 0.25) is 0 Å². The van der Waals surface area contributed by atoms with Crippen molar-refractivity contribution in [2.75, 3.05) is 19.0 Å². The van der Waals surface area contributed by atoms with Crippen LogP contribution in [0.1, 0.15) is 0 Å². The fraction of sp³-hybridized carbons (Fsp3) is 0.133. The van der Waals surface area contributed by atoms with Crippen LogP contribution in [0.2, 0.25) is 15.1 Å². The van der Waals surface area contributed by atoms with Gasteiger partial charge in [0.15, 0.2) is 6.61 Å². The highest BCUT2D eigenvalue weighted by atomic mass is 35.5. The third-order valence-corrected chi connectivity index (χ3v) is 3.50. The maximum absolute atomic E-state index is 11.9. The Hall–Kier alpha value is -1.62. The minimum Gasteiger partial charge on any atom is -0.497 e. The minimum atomic E-state index is -0.394. The van der Waals surface area contributed by atoms with Crippen LogP contribution in [0.5, 0.6) is 11.5 Å². The van der Waals surface area contributed by atoms with Gasteiger partial charge in [0.1, 0.15) is 11.5 Å². The second-order valence-corrected chi connectivity index (χ2v) is 5.51. The standard InChI is InChI=1S/C15H12Cl3NO3/c1-21-10-3-2-4-11(7-10)22-8-14(20)19-15-12(17)5-9(16)6-13(15)18/h2-7H,8H2,1H3,(H,19,20). The molecule has 0 unspecified atom stereocenters. The van der Waals surface area contributed by atoms with E-state index in [4.69, 9.17) is 44.3 Å². The summed E-state index contributed by atoms with van der Waals surface area (Å²) in [4.78, 5) is 11.9. The first-order valence-corrected chi connectivity index (χ1v) is 7.34. The van der Waals surface area contributed by atoms with Crippen LogP contribution in [0, 0.1) is 0 Å². The molecule has 0 aliphatic heterocycles. The van der Waals surface area contributed by atoms with Crippen LogP contribution in [0.15, 0.2) is 36.4 Å². The van der Waals surface area contributed by atoms with E-state index in [1.54, 1.807) is 31.4 Å². The Labute approximate surface area is 142 Å². The number of halogens is 3. The van der Waals surface area contributed by atoms with Crippen LogP contribution < -0.4 is 14.8 Å². The highest BCUT2D eigenvalue weighted by Crippen LogP contribution is 2.33. The summed E-state index contributed by atoms with van der Waals surface area (Å²) in [5.74, 6) is 0.762. The summed E-state index contributed by atoms with van der Waals surface area (Å²) >= 11 is 17.8. The summed E-state index contributed by atoms with van der Waals surface area (Å²) in [5, 5.41) is 3.49. The van der Waals surface area contributed by atoms with Crippen LogP contribution in [-0.4, -0.2) is 19.6 Å². The van der Waals surface area contributed by atoms with Crippen LogP contribution >= 0.6 is 34.8 Å². The van der Waals surface area contributed by atoms with Gasteiger partial charge in [-0.1, -0.05) is 40.9 Å². The molecule has 0 spiro atoms. The van der Waals surface area contributed by atoms with Crippen molar-refractivity contribution in [1.29, 1.82) is 0 Å². The number of hydrogen-bond donors (Lipinski definition) is 1. The Balaban J connectivity index is 1.99. The molecule has 0 bridgehead atoms. The smallest absolute Gasteiger partial charge is 0.262 e. The lowest BCUT2D eigenvalue weighted by Crippen LogP contribution is -2.20. The van der Waals surface area contributed by atoms with Crippen LogP contribution in [0.4, 0.5) is 5.69 Å². The molecule has 2 rings (SSSR count). The van der Waals surface area contributed by atoms with E-state index in [-0.39, 0.29) is 16.7 Å². The number of amides is 1. The number of carbonyl (C=O) groups excluding carboxylic acids is 1. The molecule has 0 atom stereocenters. The van der Waals surface area contributed by atoms with Gasteiger partial charge in [0, 0.05) is 11.1 Å². The van der Waals surface area contributed by atoms with Crippen molar-refractivity contribution in [2.45, 2.75) is 0 Å². The Morgan fingerprint density at radius 1 is 1.09 bits per heavy atom. The zero-order valence-electron chi connectivity index (χ0n) is 11.5. The summed E-state index contributed by atoms with van der Waals surface area (Å²) in [5.41, 5.74) is 0.298. The molecule has 2 aromatic carbocycles. The fourth-order valence-electron chi connectivity index (χ4n) is 1.68. The van der Waals surface area contributed by atoms with E-state index in [1.165, 1.54) is 12.1 Å². The molecule has 0 saturated heterocycles. The molecule has 0 saturated carbocycles. The molecule has 1 amide bonds. The van der Waals surface area contributed by atoms with Crippen LogP contribution in [0.25, 0.3) is 0 Å². The largest absolute Gasteiger partial charge is 0.497 e. The molecule has 7 heteroatoms. The number of carbonyl (C=O) groups is 1. The monoisotopic (exact) mass is 359 g/mol. The van der Waals surface area contributed by atoms with Crippen molar-refractivity contribution < 1.29 is 14.3 Å². The third kappa shape index (κ3) is 4.44. The first-order chi connectivity index (χ1) is 10.5. The van der Waals surface area contributed by atoms with Gasteiger partial charge in [0.05, 0.1) is 22.8 Å². The lowest BCUT2D eigenvalue weighted by molar-refractivity contribution is -0.118. The lowest BCUT2D eigenvalue weighted by atomic mass is 10.3. The van der Waals surface area contributed by atoms with E-state index in [2.05, 4.69) is 5.32 Å².